The van der Waals surface area contributed by atoms with Crippen LogP contribution in [0.15, 0.2) is 46.4 Å². The van der Waals surface area contributed by atoms with Gasteiger partial charge in [-0.1, -0.05) is 18.9 Å². The highest BCUT2D eigenvalue weighted by Gasteiger charge is 2.35. The average Bonchev–Trinajstić information content (AvgIpc) is 3.03. The van der Waals surface area contributed by atoms with Gasteiger partial charge in [-0.25, -0.2) is 4.79 Å². The summed E-state index contributed by atoms with van der Waals surface area (Å²) in [5, 5.41) is 11.6. The van der Waals surface area contributed by atoms with Crippen molar-refractivity contribution in [3.05, 3.63) is 53.3 Å². The standard InChI is InChI=1S/C22H21N3O5S/c26-19-17(13-16-8-9-18(30-16)24-10-3-1-2-4-11-24)20(27)25(22(31)23-19)15-7-5-6-14(12-15)21(28)29/h5-9,12-13H,1-4,10-11H2,(H,28,29)(H,23,26,31). The van der Waals surface area contributed by atoms with Gasteiger partial charge in [-0.15, -0.1) is 0 Å². The molecule has 2 N–H and O–H groups in total. The Balaban J connectivity index is 1.62. The first-order valence-electron chi connectivity index (χ1n) is 10.0. The van der Waals surface area contributed by atoms with Crippen LogP contribution in [0.25, 0.3) is 6.08 Å². The molecule has 2 aromatic rings. The number of carbonyl (C=O) groups is 3. The van der Waals surface area contributed by atoms with E-state index in [4.69, 9.17) is 16.6 Å². The Morgan fingerprint density at radius 1 is 1.10 bits per heavy atom. The van der Waals surface area contributed by atoms with Gasteiger partial charge in [0.25, 0.3) is 11.8 Å². The summed E-state index contributed by atoms with van der Waals surface area (Å²) in [5.74, 6) is -1.32. The molecule has 0 spiro atoms. The normalized spacial score (nSPS) is 18.8. The second-order valence-corrected chi connectivity index (χ2v) is 7.78. The summed E-state index contributed by atoms with van der Waals surface area (Å²) < 4.78 is 5.88. The molecule has 2 aliphatic rings. The maximum Gasteiger partial charge on any atom is 0.335 e. The maximum absolute atomic E-state index is 13.1. The third-order valence-corrected chi connectivity index (χ3v) is 5.55. The molecule has 31 heavy (non-hydrogen) atoms. The van der Waals surface area contributed by atoms with Crippen molar-refractivity contribution in [2.75, 3.05) is 22.9 Å². The molecule has 0 bridgehead atoms. The molecule has 0 saturated carbocycles. The van der Waals surface area contributed by atoms with E-state index in [1.807, 2.05) is 6.07 Å². The van der Waals surface area contributed by atoms with Crippen LogP contribution in [0.4, 0.5) is 11.6 Å². The Morgan fingerprint density at radius 2 is 1.84 bits per heavy atom. The number of aromatic carboxylic acids is 1. The van der Waals surface area contributed by atoms with Gasteiger partial charge >= 0.3 is 5.97 Å². The third kappa shape index (κ3) is 4.36. The van der Waals surface area contributed by atoms with Crippen molar-refractivity contribution in [2.45, 2.75) is 25.7 Å². The molecule has 2 amide bonds. The van der Waals surface area contributed by atoms with Crippen LogP contribution in [0.3, 0.4) is 0 Å². The number of carbonyl (C=O) groups excluding carboxylic acids is 2. The molecule has 1 aromatic heterocycles. The molecular weight excluding hydrogens is 418 g/mol. The molecule has 2 fully saturated rings. The Kier molecular flexibility index (Phi) is 5.85. The predicted molar refractivity (Wildman–Crippen MR) is 119 cm³/mol. The van der Waals surface area contributed by atoms with Crippen molar-refractivity contribution in [2.24, 2.45) is 0 Å². The molecule has 9 heteroatoms. The fourth-order valence-corrected chi connectivity index (χ4v) is 3.97. The molecule has 2 aliphatic heterocycles. The summed E-state index contributed by atoms with van der Waals surface area (Å²) in [6.07, 6.45) is 5.97. The fourth-order valence-electron chi connectivity index (χ4n) is 3.69. The topological polar surface area (TPSA) is 103 Å². The minimum Gasteiger partial charge on any atom is -0.478 e. The van der Waals surface area contributed by atoms with Crippen LogP contribution < -0.4 is 15.1 Å². The zero-order chi connectivity index (χ0) is 22.0. The van der Waals surface area contributed by atoms with Crippen molar-refractivity contribution >= 4 is 52.8 Å². The number of furan rings is 1. The van der Waals surface area contributed by atoms with Crippen LogP contribution in [0, 0.1) is 0 Å². The van der Waals surface area contributed by atoms with Crippen molar-refractivity contribution in [3.63, 3.8) is 0 Å². The van der Waals surface area contributed by atoms with E-state index in [1.54, 1.807) is 12.1 Å². The van der Waals surface area contributed by atoms with E-state index in [0.717, 1.165) is 30.8 Å². The second-order valence-electron chi connectivity index (χ2n) is 7.39. The van der Waals surface area contributed by atoms with Crippen molar-refractivity contribution < 1.29 is 23.9 Å². The molecule has 8 nitrogen and oxygen atoms in total. The van der Waals surface area contributed by atoms with Crippen LogP contribution in [0.2, 0.25) is 0 Å². The van der Waals surface area contributed by atoms with Gasteiger partial charge < -0.3 is 14.4 Å². The van der Waals surface area contributed by atoms with Crippen LogP contribution in [0.5, 0.6) is 0 Å². The number of nitrogens with zero attached hydrogens (tertiary/aromatic N) is 2. The summed E-state index contributed by atoms with van der Waals surface area (Å²) in [7, 11) is 0. The summed E-state index contributed by atoms with van der Waals surface area (Å²) in [4.78, 5) is 40.1. The lowest BCUT2D eigenvalue weighted by Crippen LogP contribution is -2.54. The summed E-state index contributed by atoms with van der Waals surface area (Å²) in [6, 6.07) is 9.35. The molecule has 0 radical (unpaired) electrons. The van der Waals surface area contributed by atoms with Gasteiger partial charge in [-0.05, 0) is 55.4 Å². The monoisotopic (exact) mass is 439 g/mol. The maximum atomic E-state index is 13.1. The van der Waals surface area contributed by atoms with Crippen LogP contribution >= 0.6 is 12.2 Å². The lowest BCUT2D eigenvalue weighted by Gasteiger charge is -2.28. The molecule has 2 saturated heterocycles. The van der Waals surface area contributed by atoms with Crippen LogP contribution in [-0.4, -0.2) is 41.1 Å². The van der Waals surface area contributed by atoms with Crippen molar-refractivity contribution in [1.82, 2.24) is 5.32 Å². The molecule has 0 atom stereocenters. The van der Waals surface area contributed by atoms with Gasteiger partial charge in [0, 0.05) is 19.2 Å². The first kappa shape index (κ1) is 20.8. The number of amides is 2. The third-order valence-electron chi connectivity index (χ3n) is 5.27. The number of carboxylic acid groups (broad SMARTS) is 1. The molecular formula is C22H21N3O5S. The smallest absolute Gasteiger partial charge is 0.335 e. The number of thiocarbonyl (C=S) groups is 1. The first-order chi connectivity index (χ1) is 14.9. The highest BCUT2D eigenvalue weighted by atomic mass is 32.1. The Hall–Kier alpha value is -3.46. The Morgan fingerprint density at radius 3 is 2.55 bits per heavy atom. The Labute approximate surface area is 184 Å². The van der Waals surface area contributed by atoms with E-state index in [0.29, 0.717) is 11.6 Å². The van der Waals surface area contributed by atoms with Gasteiger partial charge in [0.15, 0.2) is 11.0 Å². The highest BCUT2D eigenvalue weighted by molar-refractivity contribution is 7.80. The lowest BCUT2D eigenvalue weighted by molar-refractivity contribution is -0.122. The van der Waals surface area contributed by atoms with Gasteiger partial charge in [0.05, 0.1) is 11.3 Å². The average molecular weight is 439 g/mol. The van der Waals surface area contributed by atoms with E-state index in [-0.39, 0.29) is 21.9 Å². The SMILES string of the molecule is O=C1NC(=S)N(c2cccc(C(=O)O)c2)C(=O)C1=Cc1ccc(N2CCCCCC2)o1. The van der Waals surface area contributed by atoms with E-state index >= 15 is 0 Å². The number of rotatable bonds is 4. The number of nitrogens with one attached hydrogen (secondary N) is 1. The zero-order valence-corrected chi connectivity index (χ0v) is 17.5. The molecule has 3 heterocycles. The van der Waals surface area contributed by atoms with Crippen molar-refractivity contribution in [3.8, 4) is 0 Å². The van der Waals surface area contributed by atoms with Crippen LogP contribution in [0.1, 0.15) is 41.8 Å². The van der Waals surface area contributed by atoms with Crippen molar-refractivity contribution in [1.29, 1.82) is 0 Å². The fraction of sp³-hybridized carbons (Fsp3) is 0.273. The van der Waals surface area contributed by atoms with Crippen LogP contribution in [-0.2, 0) is 9.59 Å². The van der Waals surface area contributed by atoms with Gasteiger partial charge in [0.1, 0.15) is 11.3 Å². The van der Waals surface area contributed by atoms with Gasteiger partial charge in [0.2, 0.25) is 0 Å². The van der Waals surface area contributed by atoms with Gasteiger partial charge in [-0.3, -0.25) is 19.8 Å². The number of hydrogen-bond acceptors (Lipinski definition) is 6. The first-order valence-corrected chi connectivity index (χ1v) is 10.4. The molecule has 0 unspecified atom stereocenters. The summed E-state index contributed by atoms with van der Waals surface area (Å²) in [6.45, 7) is 1.82. The minimum absolute atomic E-state index is 0.00339. The Bertz CT molecular complexity index is 1080. The highest BCUT2D eigenvalue weighted by Crippen LogP contribution is 2.26. The molecule has 4 rings (SSSR count). The molecule has 160 valence electrons. The number of benzene rings is 1. The quantitative estimate of drug-likeness (QED) is 0.428. The zero-order valence-electron chi connectivity index (χ0n) is 16.7. The molecule has 0 aliphatic carbocycles. The largest absolute Gasteiger partial charge is 0.478 e. The number of anilines is 2. The number of hydrogen-bond donors (Lipinski definition) is 2. The van der Waals surface area contributed by atoms with E-state index in [1.165, 1.54) is 37.1 Å². The van der Waals surface area contributed by atoms with E-state index < -0.39 is 17.8 Å². The number of carboxylic acids is 1. The van der Waals surface area contributed by atoms with Gasteiger partial charge in [-0.2, -0.15) is 0 Å². The van der Waals surface area contributed by atoms with E-state index in [2.05, 4.69) is 10.2 Å². The van der Waals surface area contributed by atoms with E-state index in [9.17, 15) is 19.5 Å². The lowest BCUT2D eigenvalue weighted by atomic mass is 10.1. The second kappa shape index (κ2) is 8.73. The summed E-state index contributed by atoms with van der Waals surface area (Å²) >= 11 is 5.16. The molecule has 1 aromatic carbocycles. The predicted octanol–water partition coefficient (Wildman–Crippen LogP) is 3.19. The summed E-state index contributed by atoms with van der Waals surface area (Å²) in [5.41, 5.74) is 0.111. The minimum atomic E-state index is -1.13.